The number of hydrogen-bond acceptors (Lipinski definition) is 5. The number of hydrogen-bond donors (Lipinski definition) is 1. The maximum absolute atomic E-state index is 11.8. The maximum Gasteiger partial charge on any atom is 0.154 e. The summed E-state index contributed by atoms with van der Waals surface area (Å²) >= 11 is 0. The van der Waals surface area contributed by atoms with E-state index in [-0.39, 0.29) is 11.2 Å². The molecular weight excluding hydrogens is 262 g/mol. The summed E-state index contributed by atoms with van der Waals surface area (Å²) in [6.45, 7) is 6.45. The first-order valence-corrected chi connectivity index (χ1v) is 8.41. The van der Waals surface area contributed by atoms with Crippen LogP contribution in [-0.2, 0) is 9.84 Å². The molecule has 2 heterocycles. The first kappa shape index (κ1) is 14.2. The SMILES string of the molecule is Cc1cc(NCC2CCCS2(=O)=O)nc(C(C)C)n1. The molecule has 1 aliphatic heterocycles. The van der Waals surface area contributed by atoms with Gasteiger partial charge in [-0.1, -0.05) is 13.8 Å². The number of aromatic nitrogens is 2. The molecule has 2 rings (SSSR count). The Hall–Kier alpha value is -1.17. The van der Waals surface area contributed by atoms with Gasteiger partial charge in [-0.2, -0.15) is 0 Å². The smallest absolute Gasteiger partial charge is 0.154 e. The highest BCUT2D eigenvalue weighted by atomic mass is 32.2. The van der Waals surface area contributed by atoms with Crippen LogP contribution in [0.5, 0.6) is 0 Å². The van der Waals surface area contributed by atoms with E-state index in [2.05, 4.69) is 15.3 Å². The van der Waals surface area contributed by atoms with Crippen LogP contribution in [0, 0.1) is 6.92 Å². The largest absolute Gasteiger partial charge is 0.369 e. The fourth-order valence-electron chi connectivity index (χ4n) is 2.25. The van der Waals surface area contributed by atoms with Gasteiger partial charge in [-0.3, -0.25) is 0 Å². The average Bonchev–Trinajstić information content (AvgIpc) is 2.65. The highest BCUT2D eigenvalue weighted by molar-refractivity contribution is 7.92. The minimum atomic E-state index is -2.90. The molecule has 1 aromatic rings. The van der Waals surface area contributed by atoms with Gasteiger partial charge in [0.15, 0.2) is 9.84 Å². The van der Waals surface area contributed by atoms with Crippen molar-refractivity contribution in [3.8, 4) is 0 Å². The molecule has 1 N–H and O–H groups in total. The van der Waals surface area contributed by atoms with Crippen LogP contribution < -0.4 is 5.32 Å². The lowest BCUT2D eigenvalue weighted by Gasteiger charge is -2.13. The molecule has 1 atom stereocenters. The topological polar surface area (TPSA) is 72.0 Å². The summed E-state index contributed by atoms with van der Waals surface area (Å²) in [7, 11) is -2.90. The Bertz CT molecular complexity index is 555. The summed E-state index contributed by atoms with van der Waals surface area (Å²) in [5.41, 5.74) is 0.899. The minimum Gasteiger partial charge on any atom is -0.369 e. The molecule has 0 spiro atoms. The van der Waals surface area contributed by atoms with Gasteiger partial charge in [0.25, 0.3) is 0 Å². The van der Waals surface area contributed by atoms with Crippen molar-refractivity contribution in [3.05, 3.63) is 17.6 Å². The van der Waals surface area contributed by atoms with E-state index < -0.39 is 9.84 Å². The van der Waals surface area contributed by atoms with E-state index in [1.54, 1.807) is 0 Å². The third-order valence-electron chi connectivity index (χ3n) is 3.36. The fraction of sp³-hybridized carbons (Fsp3) is 0.692. The molecule has 0 saturated carbocycles. The van der Waals surface area contributed by atoms with Crippen molar-refractivity contribution in [1.82, 2.24) is 9.97 Å². The van der Waals surface area contributed by atoms with Gasteiger partial charge in [0, 0.05) is 24.2 Å². The van der Waals surface area contributed by atoms with Gasteiger partial charge in [-0.25, -0.2) is 18.4 Å². The Morgan fingerprint density at radius 3 is 2.74 bits per heavy atom. The van der Waals surface area contributed by atoms with Crippen molar-refractivity contribution in [2.24, 2.45) is 0 Å². The molecule has 0 bridgehead atoms. The Kier molecular flexibility index (Phi) is 4.08. The molecule has 0 aromatic carbocycles. The number of sulfone groups is 1. The molecule has 1 aromatic heterocycles. The summed E-state index contributed by atoms with van der Waals surface area (Å²) in [5, 5.41) is 2.88. The summed E-state index contributed by atoms with van der Waals surface area (Å²) in [5.74, 6) is 2.09. The number of nitrogens with zero attached hydrogens (tertiary/aromatic N) is 2. The molecule has 106 valence electrons. The second-order valence-corrected chi connectivity index (χ2v) is 7.82. The normalized spacial score (nSPS) is 21.8. The lowest BCUT2D eigenvalue weighted by molar-refractivity contribution is 0.591. The van der Waals surface area contributed by atoms with E-state index in [0.29, 0.717) is 12.3 Å². The standard InChI is InChI=1S/C13H21N3O2S/c1-9(2)13-15-10(3)7-12(16-13)14-8-11-5-4-6-19(11,17)18/h7,9,11H,4-6,8H2,1-3H3,(H,14,15,16). The lowest BCUT2D eigenvalue weighted by atomic mass is 10.2. The van der Waals surface area contributed by atoms with Gasteiger partial charge < -0.3 is 5.32 Å². The van der Waals surface area contributed by atoms with Crippen molar-refractivity contribution in [2.75, 3.05) is 17.6 Å². The fourth-order valence-corrected chi connectivity index (χ4v) is 4.01. The predicted molar refractivity (Wildman–Crippen MR) is 76.2 cm³/mol. The van der Waals surface area contributed by atoms with E-state index >= 15 is 0 Å². The van der Waals surface area contributed by atoms with E-state index in [9.17, 15) is 8.42 Å². The molecule has 1 saturated heterocycles. The number of aryl methyl sites for hydroxylation is 1. The van der Waals surface area contributed by atoms with Crippen molar-refractivity contribution in [1.29, 1.82) is 0 Å². The van der Waals surface area contributed by atoms with Crippen LogP contribution in [0.15, 0.2) is 6.07 Å². The summed E-state index contributed by atoms with van der Waals surface area (Å²) in [6.07, 6.45) is 1.52. The number of nitrogens with one attached hydrogen (secondary N) is 1. The zero-order chi connectivity index (χ0) is 14.0. The van der Waals surface area contributed by atoms with Gasteiger partial charge in [0.1, 0.15) is 11.6 Å². The van der Waals surface area contributed by atoms with Crippen molar-refractivity contribution in [3.63, 3.8) is 0 Å². The Balaban J connectivity index is 2.07. The van der Waals surface area contributed by atoms with Gasteiger partial charge in [-0.15, -0.1) is 0 Å². The molecule has 1 unspecified atom stereocenters. The van der Waals surface area contributed by atoms with Crippen LogP contribution in [0.4, 0.5) is 5.82 Å². The number of rotatable bonds is 4. The van der Waals surface area contributed by atoms with Gasteiger partial charge in [0.05, 0.1) is 11.0 Å². The Morgan fingerprint density at radius 2 is 2.16 bits per heavy atom. The zero-order valence-corrected chi connectivity index (χ0v) is 12.5. The Morgan fingerprint density at radius 1 is 1.42 bits per heavy atom. The summed E-state index contributed by atoms with van der Waals surface area (Å²) < 4.78 is 23.5. The van der Waals surface area contributed by atoms with E-state index in [0.717, 1.165) is 30.2 Å². The third-order valence-corrected chi connectivity index (χ3v) is 5.64. The first-order chi connectivity index (χ1) is 8.88. The van der Waals surface area contributed by atoms with Gasteiger partial charge in [-0.05, 0) is 19.8 Å². The van der Waals surface area contributed by atoms with E-state index in [4.69, 9.17) is 0 Å². The van der Waals surface area contributed by atoms with E-state index in [1.165, 1.54) is 0 Å². The molecule has 6 heteroatoms. The second kappa shape index (κ2) is 5.45. The summed E-state index contributed by atoms with van der Waals surface area (Å²) in [4.78, 5) is 8.80. The van der Waals surface area contributed by atoms with Crippen LogP contribution in [0.3, 0.4) is 0 Å². The highest BCUT2D eigenvalue weighted by Gasteiger charge is 2.30. The first-order valence-electron chi connectivity index (χ1n) is 6.69. The van der Waals surface area contributed by atoms with Crippen LogP contribution >= 0.6 is 0 Å². The predicted octanol–water partition coefficient (Wildman–Crippen LogP) is 1.90. The second-order valence-electron chi connectivity index (χ2n) is 5.42. The van der Waals surface area contributed by atoms with Gasteiger partial charge in [0.2, 0.25) is 0 Å². The zero-order valence-electron chi connectivity index (χ0n) is 11.7. The van der Waals surface area contributed by atoms with Crippen LogP contribution in [0.25, 0.3) is 0 Å². The average molecular weight is 283 g/mol. The molecule has 0 amide bonds. The quantitative estimate of drug-likeness (QED) is 0.913. The minimum absolute atomic E-state index is 0.260. The third kappa shape index (κ3) is 3.43. The van der Waals surface area contributed by atoms with Crippen molar-refractivity contribution in [2.45, 2.75) is 44.8 Å². The lowest BCUT2D eigenvalue weighted by Crippen LogP contribution is -2.25. The molecule has 0 aliphatic carbocycles. The molecule has 5 nitrogen and oxygen atoms in total. The van der Waals surface area contributed by atoms with Crippen molar-refractivity contribution >= 4 is 15.7 Å². The van der Waals surface area contributed by atoms with E-state index in [1.807, 2.05) is 26.8 Å². The molecule has 19 heavy (non-hydrogen) atoms. The number of anilines is 1. The molecule has 1 aliphatic rings. The molecule has 0 radical (unpaired) electrons. The molecule has 1 fully saturated rings. The highest BCUT2D eigenvalue weighted by Crippen LogP contribution is 2.21. The molecular formula is C13H21N3O2S. The van der Waals surface area contributed by atoms with Crippen LogP contribution in [0.2, 0.25) is 0 Å². The van der Waals surface area contributed by atoms with Crippen LogP contribution in [0.1, 0.15) is 44.1 Å². The monoisotopic (exact) mass is 283 g/mol. The maximum atomic E-state index is 11.8. The van der Waals surface area contributed by atoms with Gasteiger partial charge >= 0.3 is 0 Å². The van der Waals surface area contributed by atoms with Crippen molar-refractivity contribution < 1.29 is 8.42 Å². The van der Waals surface area contributed by atoms with Crippen LogP contribution in [-0.4, -0.2) is 35.9 Å². The summed E-state index contributed by atoms with van der Waals surface area (Å²) in [6, 6.07) is 1.85. The Labute approximate surface area is 114 Å².